The van der Waals surface area contributed by atoms with Gasteiger partial charge >= 0.3 is 21.6 Å². The Hall–Kier alpha value is -1.48. The predicted molar refractivity (Wildman–Crippen MR) is 58.4 cm³/mol. The second-order valence-electron chi connectivity index (χ2n) is 3.15. The molecular formula is C9H6ClF3O5S. The average Bonchev–Trinajstić information content (AvgIpc) is 2.24. The van der Waals surface area contributed by atoms with Crippen molar-refractivity contribution in [3.63, 3.8) is 0 Å². The summed E-state index contributed by atoms with van der Waals surface area (Å²) >= 11 is 5.53. The highest BCUT2D eigenvalue weighted by atomic mass is 35.5. The van der Waals surface area contributed by atoms with Crippen LogP contribution in [-0.2, 0) is 14.9 Å². The zero-order chi connectivity index (χ0) is 14.8. The number of alkyl halides is 3. The van der Waals surface area contributed by atoms with Gasteiger partial charge in [-0.2, -0.15) is 21.6 Å². The summed E-state index contributed by atoms with van der Waals surface area (Å²) < 4.78 is 66.0. The molecule has 0 spiro atoms. The van der Waals surface area contributed by atoms with Crippen LogP contribution in [0, 0.1) is 0 Å². The first-order valence-electron chi connectivity index (χ1n) is 4.46. The van der Waals surface area contributed by atoms with Gasteiger partial charge in [0, 0.05) is 11.1 Å². The van der Waals surface area contributed by atoms with Crippen LogP contribution in [0.4, 0.5) is 13.2 Å². The minimum Gasteiger partial charge on any atom is -0.465 e. The van der Waals surface area contributed by atoms with E-state index in [4.69, 9.17) is 11.6 Å². The first-order chi connectivity index (χ1) is 8.56. The van der Waals surface area contributed by atoms with Crippen LogP contribution in [0.1, 0.15) is 10.4 Å². The molecular weight excluding hydrogens is 313 g/mol. The van der Waals surface area contributed by atoms with Crippen molar-refractivity contribution in [2.45, 2.75) is 5.51 Å². The lowest BCUT2D eigenvalue weighted by Crippen LogP contribution is -2.28. The van der Waals surface area contributed by atoms with Crippen LogP contribution in [0.3, 0.4) is 0 Å². The molecule has 0 aromatic heterocycles. The molecule has 0 bridgehead atoms. The van der Waals surface area contributed by atoms with Crippen LogP contribution in [0.5, 0.6) is 5.75 Å². The quantitative estimate of drug-likeness (QED) is 0.486. The maximum atomic E-state index is 12.1. The summed E-state index contributed by atoms with van der Waals surface area (Å²) in [4.78, 5) is 11.2. The Morgan fingerprint density at radius 1 is 1.26 bits per heavy atom. The number of esters is 1. The van der Waals surface area contributed by atoms with E-state index in [9.17, 15) is 26.4 Å². The van der Waals surface area contributed by atoms with Crippen LogP contribution in [0.2, 0.25) is 5.02 Å². The van der Waals surface area contributed by atoms with Gasteiger partial charge in [0.2, 0.25) is 0 Å². The molecule has 0 heterocycles. The third kappa shape index (κ3) is 3.74. The van der Waals surface area contributed by atoms with Crippen LogP contribution >= 0.6 is 11.6 Å². The summed E-state index contributed by atoms with van der Waals surface area (Å²) in [7, 11) is -4.79. The van der Waals surface area contributed by atoms with E-state index in [1.807, 2.05) is 0 Å². The van der Waals surface area contributed by atoms with E-state index in [-0.39, 0.29) is 10.6 Å². The normalized spacial score (nSPS) is 12.1. The van der Waals surface area contributed by atoms with Crippen molar-refractivity contribution < 1.29 is 35.3 Å². The van der Waals surface area contributed by atoms with Crippen LogP contribution in [0.25, 0.3) is 0 Å². The lowest BCUT2D eigenvalue weighted by Gasteiger charge is -2.10. The second-order valence-corrected chi connectivity index (χ2v) is 5.12. The van der Waals surface area contributed by atoms with E-state index in [1.54, 1.807) is 0 Å². The zero-order valence-corrected chi connectivity index (χ0v) is 10.8. The molecule has 0 aliphatic rings. The molecule has 0 fully saturated rings. The molecule has 0 aliphatic heterocycles. The molecule has 0 N–H and O–H groups in total. The van der Waals surface area contributed by atoms with Crippen molar-refractivity contribution in [3.05, 3.63) is 28.8 Å². The summed E-state index contributed by atoms with van der Waals surface area (Å²) in [6, 6.07) is 2.67. The standard InChI is InChI=1S/C9H6ClF3O5S/c1-17-8(14)5-2-6(10)4-7(3-5)18-19(15,16)9(11,12)13/h2-4H,1H3. The Labute approximate surface area is 111 Å². The summed E-state index contributed by atoms with van der Waals surface area (Å²) in [6.07, 6.45) is 0. The molecule has 106 valence electrons. The van der Waals surface area contributed by atoms with E-state index < -0.39 is 27.3 Å². The molecule has 10 heteroatoms. The maximum absolute atomic E-state index is 12.1. The lowest BCUT2D eigenvalue weighted by atomic mass is 10.2. The topological polar surface area (TPSA) is 69.7 Å². The van der Waals surface area contributed by atoms with Crippen molar-refractivity contribution in [1.82, 2.24) is 0 Å². The highest BCUT2D eigenvalue weighted by Gasteiger charge is 2.48. The monoisotopic (exact) mass is 318 g/mol. The number of rotatable bonds is 3. The Morgan fingerprint density at radius 2 is 1.84 bits per heavy atom. The molecule has 0 unspecified atom stereocenters. The zero-order valence-electron chi connectivity index (χ0n) is 9.19. The fourth-order valence-electron chi connectivity index (χ4n) is 1.02. The van der Waals surface area contributed by atoms with Crippen molar-refractivity contribution in [3.8, 4) is 5.75 Å². The van der Waals surface area contributed by atoms with Gasteiger partial charge in [-0.25, -0.2) is 4.79 Å². The number of methoxy groups -OCH3 is 1. The van der Waals surface area contributed by atoms with E-state index >= 15 is 0 Å². The fraction of sp³-hybridized carbons (Fsp3) is 0.222. The smallest absolute Gasteiger partial charge is 0.465 e. The first kappa shape index (κ1) is 15.6. The second kappa shape index (κ2) is 5.25. The molecule has 5 nitrogen and oxygen atoms in total. The number of hydrogen-bond donors (Lipinski definition) is 0. The molecule has 0 aliphatic carbocycles. The molecule has 0 amide bonds. The number of carbonyl (C=O) groups is 1. The maximum Gasteiger partial charge on any atom is 0.534 e. The van der Waals surface area contributed by atoms with Gasteiger partial charge in [0.05, 0.1) is 12.7 Å². The van der Waals surface area contributed by atoms with E-state index in [0.29, 0.717) is 0 Å². The predicted octanol–water partition coefficient (Wildman–Crippen LogP) is 2.36. The average molecular weight is 319 g/mol. The molecule has 0 saturated heterocycles. The number of benzene rings is 1. The first-order valence-corrected chi connectivity index (χ1v) is 6.25. The number of ether oxygens (including phenoxy) is 1. The van der Waals surface area contributed by atoms with Crippen molar-refractivity contribution in [2.24, 2.45) is 0 Å². The van der Waals surface area contributed by atoms with Gasteiger partial charge < -0.3 is 8.92 Å². The lowest BCUT2D eigenvalue weighted by molar-refractivity contribution is -0.0500. The summed E-state index contributed by atoms with van der Waals surface area (Å²) in [6.45, 7) is 0. The minimum absolute atomic E-state index is 0.185. The minimum atomic E-state index is -5.83. The highest BCUT2D eigenvalue weighted by molar-refractivity contribution is 7.88. The molecule has 0 atom stereocenters. The summed E-state index contributed by atoms with van der Waals surface area (Å²) in [5.74, 6) is -1.65. The Kier molecular flexibility index (Phi) is 4.31. The van der Waals surface area contributed by atoms with Crippen molar-refractivity contribution in [1.29, 1.82) is 0 Å². The molecule has 19 heavy (non-hydrogen) atoms. The van der Waals surface area contributed by atoms with Gasteiger partial charge in [0.1, 0.15) is 5.75 Å². The molecule has 0 saturated carbocycles. The largest absolute Gasteiger partial charge is 0.534 e. The summed E-state index contributed by atoms with van der Waals surface area (Å²) in [5, 5.41) is -0.185. The molecule has 0 radical (unpaired) electrons. The highest BCUT2D eigenvalue weighted by Crippen LogP contribution is 2.29. The Balaban J connectivity index is 3.17. The molecule has 1 rings (SSSR count). The van der Waals surface area contributed by atoms with Gasteiger partial charge in [0.15, 0.2) is 0 Å². The van der Waals surface area contributed by atoms with Gasteiger partial charge in [-0.1, -0.05) is 11.6 Å². The third-order valence-corrected chi connectivity index (χ3v) is 2.98. The molecule has 1 aromatic carbocycles. The van der Waals surface area contributed by atoms with Crippen molar-refractivity contribution >= 4 is 27.7 Å². The molecule has 1 aromatic rings. The third-order valence-electron chi connectivity index (χ3n) is 1.78. The summed E-state index contributed by atoms with van der Waals surface area (Å²) in [5.41, 5.74) is -5.83. The van der Waals surface area contributed by atoms with E-state index in [1.165, 1.54) is 0 Å². The number of carbonyl (C=O) groups excluding carboxylic acids is 1. The van der Waals surface area contributed by atoms with Crippen LogP contribution in [-0.4, -0.2) is 27.0 Å². The van der Waals surface area contributed by atoms with Crippen LogP contribution in [0.15, 0.2) is 18.2 Å². The fourth-order valence-corrected chi connectivity index (χ4v) is 1.69. The number of hydrogen-bond acceptors (Lipinski definition) is 5. The van der Waals surface area contributed by atoms with Gasteiger partial charge in [-0.05, 0) is 12.1 Å². The number of halogens is 4. The Bertz CT molecular complexity index is 596. The Morgan fingerprint density at radius 3 is 2.32 bits per heavy atom. The van der Waals surface area contributed by atoms with Gasteiger partial charge in [-0.15, -0.1) is 0 Å². The van der Waals surface area contributed by atoms with E-state index in [0.717, 1.165) is 25.3 Å². The van der Waals surface area contributed by atoms with Crippen molar-refractivity contribution in [2.75, 3.05) is 7.11 Å². The van der Waals surface area contributed by atoms with Gasteiger partial charge in [-0.3, -0.25) is 0 Å². The van der Waals surface area contributed by atoms with Gasteiger partial charge in [0.25, 0.3) is 0 Å². The SMILES string of the molecule is COC(=O)c1cc(Cl)cc(OS(=O)(=O)C(F)(F)F)c1. The van der Waals surface area contributed by atoms with E-state index in [2.05, 4.69) is 8.92 Å². The van der Waals surface area contributed by atoms with Crippen LogP contribution < -0.4 is 4.18 Å².